The number of hydrogen-bond acceptors (Lipinski definition) is 4. The maximum Gasteiger partial charge on any atom is 0.226 e. The number of anilines is 1. The van der Waals surface area contributed by atoms with Crippen LogP contribution in [-0.4, -0.2) is 17.1 Å². The quantitative estimate of drug-likeness (QED) is 0.779. The first-order valence-corrected chi connectivity index (χ1v) is 4.35. The largest absolute Gasteiger partial charge is 0.480 e. The highest BCUT2D eigenvalue weighted by molar-refractivity contribution is 6.31. The molecule has 14 heavy (non-hydrogen) atoms. The monoisotopic (exact) mass is 209 g/mol. The van der Waals surface area contributed by atoms with E-state index in [9.17, 15) is 0 Å². The van der Waals surface area contributed by atoms with Gasteiger partial charge in [-0.1, -0.05) is 11.6 Å². The van der Waals surface area contributed by atoms with Gasteiger partial charge in [0.1, 0.15) is 0 Å². The molecule has 0 fully saturated rings. The Morgan fingerprint density at radius 1 is 1.36 bits per heavy atom. The summed E-state index contributed by atoms with van der Waals surface area (Å²) in [5, 5.41) is 1.37. The minimum Gasteiger partial charge on any atom is -0.480 e. The molecule has 0 unspecified atom stereocenters. The molecule has 1 aromatic heterocycles. The Morgan fingerprint density at radius 2 is 2.14 bits per heavy atom. The van der Waals surface area contributed by atoms with E-state index in [4.69, 9.17) is 22.1 Å². The Bertz CT molecular complexity index is 487. The molecule has 0 aliphatic heterocycles. The zero-order valence-electron chi connectivity index (χ0n) is 7.49. The lowest BCUT2D eigenvalue weighted by Gasteiger charge is -2.04. The third-order valence-corrected chi connectivity index (χ3v) is 2.07. The third kappa shape index (κ3) is 1.44. The van der Waals surface area contributed by atoms with Crippen molar-refractivity contribution in [2.45, 2.75) is 0 Å². The van der Waals surface area contributed by atoms with Gasteiger partial charge in [0.2, 0.25) is 11.8 Å². The van der Waals surface area contributed by atoms with Gasteiger partial charge in [0.25, 0.3) is 0 Å². The number of methoxy groups -OCH3 is 1. The van der Waals surface area contributed by atoms with Gasteiger partial charge in [-0.3, -0.25) is 0 Å². The van der Waals surface area contributed by atoms with Crippen LogP contribution in [0.5, 0.6) is 5.88 Å². The van der Waals surface area contributed by atoms with Gasteiger partial charge in [-0.2, -0.15) is 4.98 Å². The SMILES string of the molecule is COc1nc(N)nc2ccc(Cl)cc12. The Morgan fingerprint density at radius 3 is 2.86 bits per heavy atom. The molecule has 4 nitrogen and oxygen atoms in total. The zero-order valence-corrected chi connectivity index (χ0v) is 8.25. The molecule has 0 atom stereocenters. The maximum absolute atomic E-state index is 5.85. The summed E-state index contributed by atoms with van der Waals surface area (Å²) in [6, 6.07) is 5.27. The van der Waals surface area contributed by atoms with Crippen LogP contribution in [-0.2, 0) is 0 Å². The molecule has 2 N–H and O–H groups in total. The summed E-state index contributed by atoms with van der Waals surface area (Å²) in [5.74, 6) is 0.631. The number of aromatic nitrogens is 2. The molecular formula is C9H8ClN3O. The van der Waals surface area contributed by atoms with Gasteiger partial charge in [0.05, 0.1) is 18.0 Å². The standard InChI is InChI=1S/C9H8ClN3O/c1-14-8-6-4-5(10)2-3-7(6)12-9(11)13-8/h2-4H,1H3,(H2,11,12,13). The number of rotatable bonds is 1. The van der Waals surface area contributed by atoms with E-state index >= 15 is 0 Å². The number of fused-ring (bicyclic) bond motifs is 1. The van der Waals surface area contributed by atoms with Crippen LogP contribution in [0.1, 0.15) is 0 Å². The minimum absolute atomic E-state index is 0.191. The zero-order chi connectivity index (χ0) is 10.1. The van der Waals surface area contributed by atoms with Gasteiger partial charge in [-0.05, 0) is 18.2 Å². The predicted octanol–water partition coefficient (Wildman–Crippen LogP) is 1.87. The second kappa shape index (κ2) is 3.31. The summed E-state index contributed by atoms with van der Waals surface area (Å²) >= 11 is 5.85. The summed E-state index contributed by atoms with van der Waals surface area (Å²) in [5.41, 5.74) is 6.22. The first-order valence-electron chi connectivity index (χ1n) is 3.97. The molecule has 0 aliphatic carbocycles. The van der Waals surface area contributed by atoms with Crippen LogP contribution in [0.4, 0.5) is 5.95 Å². The minimum atomic E-state index is 0.191. The van der Waals surface area contributed by atoms with Crippen LogP contribution >= 0.6 is 11.6 Å². The van der Waals surface area contributed by atoms with Crippen molar-refractivity contribution in [3.05, 3.63) is 23.2 Å². The molecule has 0 spiro atoms. The molecule has 5 heteroatoms. The summed E-state index contributed by atoms with van der Waals surface area (Å²) in [6.07, 6.45) is 0. The molecule has 0 amide bonds. The Labute approximate surface area is 85.7 Å². The van der Waals surface area contributed by atoms with Crippen molar-refractivity contribution in [3.8, 4) is 5.88 Å². The first-order chi connectivity index (χ1) is 6.70. The van der Waals surface area contributed by atoms with Crippen molar-refractivity contribution >= 4 is 28.5 Å². The van der Waals surface area contributed by atoms with Gasteiger partial charge < -0.3 is 10.5 Å². The number of halogens is 1. The smallest absolute Gasteiger partial charge is 0.226 e. The average Bonchev–Trinajstić information content (AvgIpc) is 2.17. The maximum atomic E-state index is 5.85. The average molecular weight is 210 g/mol. The van der Waals surface area contributed by atoms with E-state index < -0.39 is 0 Å². The van der Waals surface area contributed by atoms with Crippen LogP contribution in [0.25, 0.3) is 10.9 Å². The second-order valence-corrected chi connectivity index (χ2v) is 3.19. The fraction of sp³-hybridized carbons (Fsp3) is 0.111. The fourth-order valence-corrected chi connectivity index (χ4v) is 1.42. The first kappa shape index (κ1) is 9.02. The van der Waals surface area contributed by atoms with Gasteiger partial charge in [-0.25, -0.2) is 4.98 Å². The second-order valence-electron chi connectivity index (χ2n) is 2.75. The van der Waals surface area contributed by atoms with Crippen molar-refractivity contribution in [2.75, 3.05) is 12.8 Å². The summed E-state index contributed by atoms with van der Waals surface area (Å²) < 4.78 is 5.07. The van der Waals surface area contributed by atoms with E-state index in [0.29, 0.717) is 10.9 Å². The van der Waals surface area contributed by atoms with Crippen molar-refractivity contribution < 1.29 is 4.74 Å². The van der Waals surface area contributed by atoms with E-state index in [1.807, 2.05) is 0 Å². The van der Waals surface area contributed by atoms with E-state index in [1.165, 1.54) is 7.11 Å². The highest BCUT2D eigenvalue weighted by atomic mass is 35.5. The van der Waals surface area contributed by atoms with Crippen LogP contribution < -0.4 is 10.5 Å². The van der Waals surface area contributed by atoms with Crippen molar-refractivity contribution in [2.24, 2.45) is 0 Å². The molecule has 2 aromatic rings. The Hall–Kier alpha value is -1.55. The summed E-state index contributed by atoms with van der Waals surface area (Å²) in [6.45, 7) is 0. The van der Waals surface area contributed by atoms with Crippen LogP contribution in [0, 0.1) is 0 Å². The molecule has 0 bridgehead atoms. The number of hydrogen-bond donors (Lipinski definition) is 1. The lowest BCUT2D eigenvalue weighted by molar-refractivity contribution is 0.403. The van der Waals surface area contributed by atoms with Crippen LogP contribution in [0.2, 0.25) is 5.02 Å². The van der Waals surface area contributed by atoms with Crippen LogP contribution in [0.15, 0.2) is 18.2 Å². The molecule has 0 saturated carbocycles. The Kier molecular flexibility index (Phi) is 2.13. The van der Waals surface area contributed by atoms with Gasteiger partial charge in [-0.15, -0.1) is 0 Å². The van der Waals surface area contributed by atoms with Crippen molar-refractivity contribution in [3.63, 3.8) is 0 Å². The van der Waals surface area contributed by atoms with E-state index in [0.717, 1.165) is 10.9 Å². The predicted molar refractivity (Wildman–Crippen MR) is 55.5 cm³/mol. The topological polar surface area (TPSA) is 61.0 Å². The fourth-order valence-electron chi connectivity index (χ4n) is 1.25. The lowest BCUT2D eigenvalue weighted by Crippen LogP contribution is -1.98. The van der Waals surface area contributed by atoms with E-state index in [2.05, 4.69) is 9.97 Å². The third-order valence-electron chi connectivity index (χ3n) is 1.83. The van der Waals surface area contributed by atoms with Crippen LogP contribution in [0.3, 0.4) is 0 Å². The highest BCUT2D eigenvalue weighted by Gasteiger charge is 2.06. The molecular weight excluding hydrogens is 202 g/mol. The number of benzene rings is 1. The van der Waals surface area contributed by atoms with Gasteiger partial charge in [0.15, 0.2) is 0 Å². The van der Waals surface area contributed by atoms with Gasteiger partial charge in [0, 0.05) is 5.02 Å². The number of ether oxygens (including phenoxy) is 1. The molecule has 72 valence electrons. The van der Waals surface area contributed by atoms with Crippen molar-refractivity contribution in [1.82, 2.24) is 9.97 Å². The normalized spacial score (nSPS) is 10.4. The summed E-state index contributed by atoms with van der Waals surface area (Å²) in [4.78, 5) is 8.00. The number of nitrogen functional groups attached to an aromatic ring is 1. The molecule has 0 radical (unpaired) electrons. The number of nitrogens with two attached hydrogens (primary N) is 1. The van der Waals surface area contributed by atoms with E-state index in [-0.39, 0.29) is 5.95 Å². The molecule has 0 aliphatic rings. The summed E-state index contributed by atoms with van der Waals surface area (Å²) in [7, 11) is 1.53. The molecule has 2 rings (SSSR count). The Balaban J connectivity index is 2.81. The van der Waals surface area contributed by atoms with Crippen molar-refractivity contribution in [1.29, 1.82) is 0 Å². The lowest BCUT2D eigenvalue weighted by atomic mass is 10.2. The molecule has 1 aromatic carbocycles. The number of nitrogens with zero attached hydrogens (tertiary/aromatic N) is 2. The van der Waals surface area contributed by atoms with Gasteiger partial charge >= 0.3 is 0 Å². The molecule has 1 heterocycles. The highest BCUT2D eigenvalue weighted by Crippen LogP contribution is 2.25. The van der Waals surface area contributed by atoms with E-state index in [1.54, 1.807) is 18.2 Å². The molecule has 0 saturated heterocycles.